The third-order valence-corrected chi connectivity index (χ3v) is 3.03. The van der Waals surface area contributed by atoms with Gasteiger partial charge < -0.3 is 10.1 Å². The third-order valence-electron chi connectivity index (χ3n) is 3.03. The second kappa shape index (κ2) is 6.64. The molecule has 0 atom stereocenters. The van der Waals surface area contributed by atoms with Crippen molar-refractivity contribution in [2.24, 2.45) is 0 Å². The van der Waals surface area contributed by atoms with Gasteiger partial charge in [0.1, 0.15) is 5.60 Å². The van der Waals surface area contributed by atoms with Gasteiger partial charge in [0.15, 0.2) is 0 Å². The number of nitrogens with one attached hydrogen (secondary N) is 1. The fourth-order valence-corrected chi connectivity index (χ4v) is 1.94. The van der Waals surface area contributed by atoms with Gasteiger partial charge in [-0.15, -0.1) is 0 Å². The number of benzene rings is 1. The normalized spacial score (nSPS) is 11.3. The summed E-state index contributed by atoms with van der Waals surface area (Å²) in [5.41, 5.74) is 2.15. The van der Waals surface area contributed by atoms with E-state index in [9.17, 15) is 4.79 Å². The molecular weight excluding hydrogens is 278 g/mol. The van der Waals surface area contributed by atoms with Gasteiger partial charge in [-0.2, -0.15) is 5.10 Å². The molecule has 0 aliphatic rings. The Morgan fingerprint density at radius 3 is 2.50 bits per heavy atom. The molecule has 1 heterocycles. The number of carbonyl (C=O) groups excluding carboxylic acids is 1. The van der Waals surface area contributed by atoms with Crippen LogP contribution in [0.3, 0.4) is 0 Å². The Morgan fingerprint density at radius 2 is 1.95 bits per heavy atom. The highest BCUT2D eigenvalue weighted by atomic mass is 16.6. The van der Waals surface area contributed by atoms with Gasteiger partial charge in [-0.1, -0.05) is 0 Å². The van der Waals surface area contributed by atoms with E-state index in [0.717, 1.165) is 17.8 Å². The van der Waals surface area contributed by atoms with E-state index in [2.05, 4.69) is 17.3 Å². The first-order valence-corrected chi connectivity index (χ1v) is 7.46. The number of hydrogen-bond acceptors (Lipinski definition) is 4. The summed E-state index contributed by atoms with van der Waals surface area (Å²) < 4.78 is 7.23. The molecule has 0 amide bonds. The minimum absolute atomic E-state index is 0.303. The molecule has 0 unspecified atom stereocenters. The Balaban J connectivity index is 1.92. The number of rotatable bonds is 5. The van der Waals surface area contributed by atoms with Gasteiger partial charge in [-0.3, -0.25) is 4.68 Å². The van der Waals surface area contributed by atoms with Gasteiger partial charge in [0.25, 0.3) is 0 Å². The van der Waals surface area contributed by atoms with Gasteiger partial charge in [0.2, 0.25) is 0 Å². The number of ether oxygens (including phenoxy) is 1. The number of aromatic nitrogens is 2. The van der Waals surface area contributed by atoms with Crippen LogP contribution in [0.5, 0.6) is 0 Å². The lowest BCUT2D eigenvalue weighted by Crippen LogP contribution is -2.23. The van der Waals surface area contributed by atoms with E-state index in [-0.39, 0.29) is 5.97 Å². The lowest BCUT2D eigenvalue weighted by molar-refractivity contribution is 0.00696. The van der Waals surface area contributed by atoms with Crippen LogP contribution in [0.25, 0.3) is 0 Å². The maximum Gasteiger partial charge on any atom is 0.338 e. The molecule has 5 nitrogen and oxygen atoms in total. The van der Waals surface area contributed by atoms with E-state index in [1.165, 1.54) is 0 Å². The highest BCUT2D eigenvalue weighted by molar-refractivity contribution is 5.90. The van der Waals surface area contributed by atoms with Gasteiger partial charge >= 0.3 is 5.97 Å². The predicted octanol–water partition coefficient (Wildman–Crippen LogP) is 3.47. The maximum absolute atomic E-state index is 11.9. The van der Waals surface area contributed by atoms with Gasteiger partial charge in [0, 0.05) is 30.5 Å². The molecule has 2 aromatic rings. The van der Waals surface area contributed by atoms with E-state index >= 15 is 0 Å². The van der Waals surface area contributed by atoms with Crippen molar-refractivity contribution >= 4 is 11.7 Å². The quantitative estimate of drug-likeness (QED) is 0.859. The molecule has 5 heteroatoms. The molecule has 1 aromatic carbocycles. The second-order valence-electron chi connectivity index (χ2n) is 6.14. The summed E-state index contributed by atoms with van der Waals surface area (Å²) in [6.45, 7) is 9.20. The van der Waals surface area contributed by atoms with Crippen LogP contribution in [0.1, 0.15) is 43.6 Å². The lowest BCUT2D eigenvalue weighted by Gasteiger charge is -2.19. The van der Waals surface area contributed by atoms with E-state index in [1.807, 2.05) is 50.0 Å². The van der Waals surface area contributed by atoms with Crippen LogP contribution in [0, 0.1) is 0 Å². The van der Waals surface area contributed by atoms with E-state index in [4.69, 9.17) is 4.74 Å². The van der Waals surface area contributed by atoms with Crippen LogP contribution in [-0.4, -0.2) is 21.4 Å². The molecule has 0 spiro atoms. The van der Waals surface area contributed by atoms with Crippen LogP contribution in [0.15, 0.2) is 36.7 Å². The van der Waals surface area contributed by atoms with Crippen LogP contribution in [0.2, 0.25) is 0 Å². The van der Waals surface area contributed by atoms with Crippen molar-refractivity contribution in [3.05, 3.63) is 47.8 Å². The van der Waals surface area contributed by atoms with Crippen molar-refractivity contribution in [1.82, 2.24) is 9.78 Å². The summed E-state index contributed by atoms with van der Waals surface area (Å²) in [7, 11) is 0. The van der Waals surface area contributed by atoms with Crippen LogP contribution in [0.4, 0.5) is 5.69 Å². The molecule has 0 saturated heterocycles. The molecule has 22 heavy (non-hydrogen) atoms. The topological polar surface area (TPSA) is 56.2 Å². The Morgan fingerprint density at radius 1 is 1.27 bits per heavy atom. The molecule has 0 radical (unpaired) electrons. The number of carbonyl (C=O) groups is 1. The van der Waals surface area contributed by atoms with Gasteiger partial charge in [0.05, 0.1) is 11.8 Å². The molecule has 118 valence electrons. The number of anilines is 1. The minimum Gasteiger partial charge on any atom is -0.456 e. The molecule has 0 bridgehead atoms. The molecular formula is C17H23N3O2. The highest BCUT2D eigenvalue weighted by Gasteiger charge is 2.17. The van der Waals surface area contributed by atoms with Gasteiger partial charge in [-0.05, 0) is 52.0 Å². The molecule has 0 aliphatic carbocycles. The molecule has 1 N–H and O–H groups in total. The fourth-order valence-electron chi connectivity index (χ4n) is 1.94. The Bertz CT molecular complexity index is 624. The van der Waals surface area contributed by atoms with Crippen molar-refractivity contribution in [2.75, 3.05) is 5.32 Å². The molecule has 0 fully saturated rings. The Labute approximate surface area is 131 Å². The fraction of sp³-hybridized carbons (Fsp3) is 0.412. The molecule has 0 aliphatic heterocycles. The zero-order chi connectivity index (χ0) is 16.2. The number of esters is 1. The summed E-state index contributed by atoms with van der Waals surface area (Å²) >= 11 is 0. The monoisotopic (exact) mass is 301 g/mol. The smallest absolute Gasteiger partial charge is 0.338 e. The maximum atomic E-state index is 11.9. The van der Waals surface area contributed by atoms with Crippen molar-refractivity contribution in [3.8, 4) is 0 Å². The SMILES string of the molecule is CCn1cc(CNc2ccc(C(=O)OC(C)(C)C)cc2)cn1. The summed E-state index contributed by atoms with van der Waals surface area (Å²) in [6.07, 6.45) is 3.87. The molecule has 2 rings (SSSR count). The minimum atomic E-state index is -0.479. The average Bonchev–Trinajstić information content (AvgIpc) is 2.92. The van der Waals surface area contributed by atoms with Crippen LogP contribution >= 0.6 is 0 Å². The lowest BCUT2D eigenvalue weighted by atomic mass is 10.1. The Kier molecular flexibility index (Phi) is 4.85. The average molecular weight is 301 g/mol. The Hall–Kier alpha value is -2.30. The first-order valence-electron chi connectivity index (χ1n) is 7.46. The summed E-state index contributed by atoms with van der Waals surface area (Å²) in [4.78, 5) is 11.9. The molecule has 0 saturated carbocycles. The van der Waals surface area contributed by atoms with Crippen molar-refractivity contribution < 1.29 is 9.53 Å². The zero-order valence-corrected chi connectivity index (χ0v) is 13.6. The standard InChI is InChI=1S/C17H23N3O2/c1-5-20-12-13(11-19-20)10-18-15-8-6-14(7-9-15)16(21)22-17(2,3)4/h6-9,11-12,18H,5,10H2,1-4H3. The van der Waals surface area contributed by atoms with Crippen LogP contribution in [-0.2, 0) is 17.8 Å². The van der Waals surface area contributed by atoms with Gasteiger partial charge in [-0.25, -0.2) is 4.79 Å². The van der Waals surface area contributed by atoms with E-state index < -0.39 is 5.60 Å². The first-order chi connectivity index (χ1) is 10.4. The second-order valence-corrected chi connectivity index (χ2v) is 6.14. The number of nitrogens with zero attached hydrogens (tertiary/aromatic N) is 2. The largest absolute Gasteiger partial charge is 0.456 e. The third kappa shape index (κ3) is 4.62. The van der Waals surface area contributed by atoms with E-state index in [1.54, 1.807) is 12.1 Å². The first kappa shape index (κ1) is 16.1. The van der Waals surface area contributed by atoms with Crippen LogP contribution < -0.4 is 5.32 Å². The highest BCUT2D eigenvalue weighted by Crippen LogP contribution is 2.15. The van der Waals surface area contributed by atoms with Crippen molar-refractivity contribution in [1.29, 1.82) is 0 Å². The summed E-state index contributed by atoms with van der Waals surface area (Å²) in [5, 5.41) is 7.54. The zero-order valence-electron chi connectivity index (χ0n) is 13.6. The summed E-state index contributed by atoms with van der Waals surface area (Å²) in [6, 6.07) is 7.30. The van der Waals surface area contributed by atoms with Crippen molar-refractivity contribution in [2.45, 2.75) is 46.4 Å². The summed E-state index contributed by atoms with van der Waals surface area (Å²) in [5.74, 6) is -0.303. The molecule has 1 aromatic heterocycles. The number of hydrogen-bond donors (Lipinski definition) is 1. The van der Waals surface area contributed by atoms with E-state index in [0.29, 0.717) is 12.1 Å². The number of aryl methyl sites for hydroxylation is 1. The van der Waals surface area contributed by atoms with Crippen molar-refractivity contribution in [3.63, 3.8) is 0 Å². The predicted molar refractivity (Wildman–Crippen MR) is 86.8 cm³/mol.